The Kier molecular flexibility index (Phi) is 8.38. The zero-order chi connectivity index (χ0) is 25.6. The highest BCUT2D eigenvalue weighted by Crippen LogP contribution is 2.46. The number of hydrogen-bond acceptors (Lipinski definition) is 1. The molecule has 1 N–H and O–H groups in total. The summed E-state index contributed by atoms with van der Waals surface area (Å²) in [6.07, 6.45) is 6.66. The Morgan fingerprint density at radius 1 is 0.800 bits per heavy atom. The maximum Gasteiger partial charge on any atom is 0.335 e. The maximum atomic E-state index is 11.2. The number of aromatic carboxylic acids is 1. The van der Waals surface area contributed by atoms with Crippen molar-refractivity contribution >= 4 is 17.6 Å². The fraction of sp³-hybridized carbons (Fsp3) is 0.364. The first-order valence-corrected chi connectivity index (χ1v) is 12.8. The third-order valence-corrected chi connectivity index (χ3v) is 6.96. The second-order valence-electron chi connectivity index (χ2n) is 11.0. The molecule has 2 heteroatoms. The predicted octanol–water partition coefficient (Wildman–Crippen LogP) is 8.93. The number of allylic oxidation sites excluding steroid dienone is 1. The van der Waals surface area contributed by atoms with Gasteiger partial charge in [0.05, 0.1) is 5.56 Å². The van der Waals surface area contributed by atoms with Gasteiger partial charge in [-0.3, -0.25) is 0 Å². The molecule has 184 valence electrons. The first-order chi connectivity index (χ1) is 16.6. The summed E-state index contributed by atoms with van der Waals surface area (Å²) in [5.74, 6) is -0.899. The highest BCUT2D eigenvalue weighted by molar-refractivity contribution is 5.89. The second-order valence-corrected chi connectivity index (χ2v) is 11.0. The SMILES string of the molecule is CC1(C)CCC(C)(C)c2cc(/C(=C/c3ccc(C(=O)O)cc3)Cc3ccccc3)ccc21.CCC. The van der Waals surface area contributed by atoms with Crippen LogP contribution in [0.5, 0.6) is 0 Å². The van der Waals surface area contributed by atoms with Crippen LogP contribution in [0.4, 0.5) is 0 Å². The maximum absolute atomic E-state index is 11.2. The minimum Gasteiger partial charge on any atom is -0.478 e. The fourth-order valence-electron chi connectivity index (χ4n) is 4.76. The van der Waals surface area contributed by atoms with Gasteiger partial charge in [0.2, 0.25) is 0 Å². The number of carbonyl (C=O) groups is 1. The lowest BCUT2D eigenvalue weighted by Gasteiger charge is -2.42. The molecule has 0 unspecified atom stereocenters. The van der Waals surface area contributed by atoms with Crippen LogP contribution in [0.3, 0.4) is 0 Å². The molecule has 0 radical (unpaired) electrons. The van der Waals surface area contributed by atoms with Crippen LogP contribution in [0.1, 0.15) is 99.0 Å². The highest BCUT2D eigenvalue weighted by atomic mass is 16.4. The summed E-state index contributed by atoms with van der Waals surface area (Å²) in [6.45, 7) is 13.7. The molecule has 3 aromatic rings. The number of carboxylic acid groups (broad SMARTS) is 1. The Balaban J connectivity index is 0.00000108. The molecule has 3 aromatic carbocycles. The Hall–Kier alpha value is -3.13. The van der Waals surface area contributed by atoms with Crippen LogP contribution in [-0.2, 0) is 17.3 Å². The van der Waals surface area contributed by atoms with Crippen LogP contribution in [0, 0.1) is 0 Å². The largest absolute Gasteiger partial charge is 0.478 e. The predicted molar refractivity (Wildman–Crippen MR) is 149 cm³/mol. The van der Waals surface area contributed by atoms with Gasteiger partial charge in [0, 0.05) is 0 Å². The molecule has 0 fully saturated rings. The molecular weight excluding hydrogens is 428 g/mol. The van der Waals surface area contributed by atoms with Crippen molar-refractivity contribution < 1.29 is 9.90 Å². The summed E-state index contributed by atoms with van der Waals surface area (Å²) in [6, 6.07) is 24.6. The van der Waals surface area contributed by atoms with E-state index in [9.17, 15) is 9.90 Å². The molecule has 0 saturated carbocycles. The lowest BCUT2D eigenvalue weighted by molar-refractivity contribution is 0.0697. The first-order valence-electron chi connectivity index (χ1n) is 12.8. The normalized spacial score (nSPS) is 16.0. The van der Waals surface area contributed by atoms with E-state index in [0.29, 0.717) is 5.56 Å². The second kappa shape index (κ2) is 11.1. The van der Waals surface area contributed by atoms with Crippen LogP contribution in [0.25, 0.3) is 11.6 Å². The summed E-state index contributed by atoms with van der Waals surface area (Å²) in [4.78, 5) is 11.2. The first kappa shape index (κ1) is 26.5. The third-order valence-electron chi connectivity index (χ3n) is 6.96. The molecule has 4 rings (SSSR count). The summed E-state index contributed by atoms with van der Waals surface area (Å²) in [5, 5.41) is 9.22. The standard InChI is InChI=1S/C30H32O2.C3H8/c1-29(2)16-17-30(3,4)27-20-24(14-15-26(27)29)25(18-21-8-6-5-7-9-21)19-22-10-12-23(13-11-22)28(31)32;1-3-2/h5-15,19-20H,16-18H2,1-4H3,(H,31,32);3H2,1-2H3/b25-19+;. The summed E-state index contributed by atoms with van der Waals surface area (Å²) < 4.78 is 0. The fourth-order valence-corrected chi connectivity index (χ4v) is 4.76. The molecule has 1 aliphatic rings. The van der Waals surface area contributed by atoms with E-state index in [4.69, 9.17) is 0 Å². The smallest absolute Gasteiger partial charge is 0.335 e. The van der Waals surface area contributed by atoms with Crippen LogP contribution in [-0.4, -0.2) is 11.1 Å². The van der Waals surface area contributed by atoms with Gasteiger partial charge in [-0.05, 0) is 75.6 Å². The zero-order valence-electron chi connectivity index (χ0n) is 22.2. The Morgan fingerprint density at radius 3 is 1.91 bits per heavy atom. The van der Waals surface area contributed by atoms with Crippen molar-refractivity contribution in [1.82, 2.24) is 0 Å². The molecular formula is C33H40O2. The molecule has 35 heavy (non-hydrogen) atoms. The molecule has 1 aliphatic carbocycles. The van der Waals surface area contributed by atoms with E-state index >= 15 is 0 Å². The number of carboxylic acids is 1. The molecule has 0 spiro atoms. The Morgan fingerprint density at radius 2 is 1.34 bits per heavy atom. The molecule has 0 amide bonds. The van der Waals surface area contributed by atoms with Crippen LogP contribution in [0.15, 0.2) is 72.8 Å². The van der Waals surface area contributed by atoms with Gasteiger partial charge in [0.25, 0.3) is 0 Å². The van der Waals surface area contributed by atoms with E-state index < -0.39 is 5.97 Å². The van der Waals surface area contributed by atoms with Crippen molar-refractivity contribution in [3.63, 3.8) is 0 Å². The van der Waals surface area contributed by atoms with Crippen molar-refractivity contribution in [3.05, 3.63) is 106 Å². The minimum absolute atomic E-state index is 0.155. The summed E-state index contributed by atoms with van der Waals surface area (Å²) >= 11 is 0. The van der Waals surface area contributed by atoms with Gasteiger partial charge in [-0.15, -0.1) is 0 Å². The molecule has 0 aromatic heterocycles. The molecule has 0 bridgehead atoms. The van der Waals surface area contributed by atoms with Crippen molar-refractivity contribution in [1.29, 1.82) is 0 Å². The van der Waals surface area contributed by atoms with E-state index in [2.05, 4.69) is 90.1 Å². The quantitative estimate of drug-likeness (QED) is 0.379. The number of fused-ring (bicyclic) bond motifs is 1. The average molecular weight is 469 g/mol. The van der Waals surface area contributed by atoms with E-state index in [1.807, 2.05) is 18.2 Å². The molecule has 0 atom stereocenters. The monoisotopic (exact) mass is 468 g/mol. The van der Waals surface area contributed by atoms with Crippen LogP contribution < -0.4 is 0 Å². The molecule has 0 saturated heterocycles. The van der Waals surface area contributed by atoms with Gasteiger partial charge in [0.15, 0.2) is 0 Å². The highest BCUT2D eigenvalue weighted by Gasteiger charge is 2.37. The Labute approximate surface area is 211 Å². The Bertz CT molecular complexity index is 1170. The summed E-state index contributed by atoms with van der Waals surface area (Å²) in [5.41, 5.74) is 8.32. The lowest BCUT2D eigenvalue weighted by Crippen LogP contribution is -2.33. The minimum atomic E-state index is -0.899. The average Bonchev–Trinajstić information content (AvgIpc) is 2.83. The zero-order valence-corrected chi connectivity index (χ0v) is 22.2. The lowest BCUT2D eigenvalue weighted by atomic mass is 9.63. The van der Waals surface area contributed by atoms with Gasteiger partial charge >= 0.3 is 5.97 Å². The van der Waals surface area contributed by atoms with Crippen LogP contribution >= 0.6 is 0 Å². The third kappa shape index (κ3) is 6.51. The van der Waals surface area contributed by atoms with Crippen LogP contribution in [0.2, 0.25) is 0 Å². The van der Waals surface area contributed by atoms with Gasteiger partial charge < -0.3 is 5.11 Å². The number of hydrogen-bond donors (Lipinski definition) is 1. The van der Waals surface area contributed by atoms with Gasteiger partial charge in [-0.25, -0.2) is 4.79 Å². The number of rotatable bonds is 5. The van der Waals surface area contributed by atoms with Gasteiger partial charge in [-0.1, -0.05) is 115 Å². The van der Waals surface area contributed by atoms with Crippen molar-refractivity contribution in [3.8, 4) is 0 Å². The van der Waals surface area contributed by atoms with E-state index in [-0.39, 0.29) is 10.8 Å². The van der Waals surface area contributed by atoms with Crippen molar-refractivity contribution in [2.45, 2.75) is 78.1 Å². The van der Waals surface area contributed by atoms with E-state index in [1.54, 1.807) is 12.1 Å². The van der Waals surface area contributed by atoms with E-state index in [1.165, 1.54) is 47.1 Å². The number of benzene rings is 3. The molecule has 0 aliphatic heterocycles. The molecule has 2 nitrogen and oxygen atoms in total. The van der Waals surface area contributed by atoms with Crippen molar-refractivity contribution in [2.75, 3.05) is 0 Å². The van der Waals surface area contributed by atoms with E-state index in [0.717, 1.165) is 12.0 Å². The van der Waals surface area contributed by atoms with Gasteiger partial charge in [-0.2, -0.15) is 0 Å². The van der Waals surface area contributed by atoms with Gasteiger partial charge in [0.1, 0.15) is 0 Å². The topological polar surface area (TPSA) is 37.3 Å². The molecule has 0 heterocycles. The summed E-state index contributed by atoms with van der Waals surface area (Å²) in [7, 11) is 0. The van der Waals surface area contributed by atoms with Crippen molar-refractivity contribution in [2.24, 2.45) is 0 Å².